The van der Waals surface area contributed by atoms with Crippen LogP contribution in [0.25, 0.3) is 0 Å². The van der Waals surface area contributed by atoms with Crippen molar-refractivity contribution in [3.05, 3.63) is 5.56 Å². The highest BCUT2D eigenvalue weighted by Crippen LogP contribution is 2.32. The smallest absolute Gasteiger partial charge is 0.232 e. The van der Waals surface area contributed by atoms with Crippen molar-refractivity contribution in [2.75, 3.05) is 42.3 Å². The molecule has 0 aromatic carbocycles. The number of fused-ring (bicyclic) bond motifs is 1. The van der Waals surface area contributed by atoms with Crippen molar-refractivity contribution < 1.29 is 9.53 Å². The number of nitrogens with one attached hydrogen (secondary N) is 1. The molecule has 2 aliphatic rings. The summed E-state index contributed by atoms with van der Waals surface area (Å²) in [6.45, 7) is 5.43. The van der Waals surface area contributed by atoms with Crippen molar-refractivity contribution in [2.24, 2.45) is 5.92 Å². The Balaban J connectivity index is 1.58. The molecule has 3 rings (SSSR count). The van der Waals surface area contributed by atoms with E-state index in [0.29, 0.717) is 36.5 Å². The Morgan fingerprint density at radius 3 is 2.96 bits per heavy atom. The zero-order chi connectivity index (χ0) is 17.6. The van der Waals surface area contributed by atoms with Crippen molar-refractivity contribution in [2.45, 2.75) is 51.9 Å². The second-order valence-corrected chi connectivity index (χ2v) is 6.96. The number of anilines is 3. The molecular formula is C18H29N5O2. The summed E-state index contributed by atoms with van der Waals surface area (Å²) in [7, 11) is 0. The van der Waals surface area contributed by atoms with E-state index in [9.17, 15) is 4.79 Å². The normalized spacial score (nSPS) is 19.5. The molecule has 7 nitrogen and oxygen atoms in total. The number of unbranched alkanes of at least 4 members (excludes halogenated alkanes) is 2. The summed E-state index contributed by atoms with van der Waals surface area (Å²) in [5, 5.41) is 3.20. The largest absolute Gasteiger partial charge is 0.383 e. The van der Waals surface area contributed by atoms with Gasteiger partial charge in [-0.3, -0.25) is 9.69 Å². The molecular weight excluding hydrogens is 318 g/mol. The molecule has 0 saturated carbocycles. The van der Waals surface area contributed by atoms with E-state index in [1.807, 2.05) is 0 Å². The molecule has 1 saturated heterocycles. The van der Waals surface area contributed by atoms with Crippen molar-refractivity contribution in [1.29, 1.82) is 0 Å². The number of nitrogens with two attached hydrogens (primary N) is 1. The van der Waals surface area contributed by atoms with E-state index in [0.717, 1.165) is 51.0 Å². The third-order valence-electron chi connectivity index (χ3n) is 4.98. The average molecular weight is 347 g/mol. The summed E-state index contributed by atoms with van der Waals surface area (Å²) in [4.78, 5) is 23.0. The number of hydrogen-bond donors (Lipinski definition) is 2. The third-order valence-corrected chi connectivity index (χ3v) is 4.98. The summed E-state index contributed by atoms with van der Waals surface area (Å²) < 4.78 is 5.42. The second kappa shape index (κ2) is 8.47. The van der Waals surface area contributed by atoms with Gasteiger partial charge < -0.3 is 15.8 Å². The fourth-order valence-electron chi connectivity index (χ4n) is 3.45. The Morgan fingerprint density at radius 2 is 2.20 bits per heavy atom. The first-order valence-electron chi connectivity index (χ1n) is 9.47. The van der Waals surface area contributed by atoms with Crippen molar-refractivity contribution in [1.82, 2.24) is 9.97 Å². The van der Waals surface area contributed by atoms with Crippen LogP contribution in [0.4, 0.5) is 17.6 Å². The fourth-order valence-corrected chi connectivity index (χ4v) is 3.45. The maximum Gasteiger partial charge on any atom is 0.232 e. The molecule has 1 unspecified atom stereocenters. The van der Waals surface area contributed by atoms with E-state index in [2.05, 4.69) is 22.2 Å². The molecule has 1 aromatic heterocycles. The molecule has 3 heterocycles. The lowest BCUT2D eigenvalue weighted by atomic mass is 10.0. The predicted octanol–water partition coefficient (Wildman–Crippen LogP) is 2.37. The van der Waals surface area contributed by atoms with Gasteiger partial charge in [0.1, 0.15) is 11.6 Å². The topological polar surface area (TPSA) is 93.4 Å². The van der Waals surface area contributed by atoms with E-state index in [4.69, 9.17) is 10.5 Å². The van der Waals surface area contributed by atoms with Crippen molar-refractivity contribution in [3.63, 3.8) is 0 Å². The van der Waals surface area contributed by atoms with Crippen LogP contribution < -0.4 is 16.0 Å². The van der Waals surface area contributed by atoms with Crippen LogP contribution in [-0.2, 0) is 16.0 Å². The number of carbonyl (C=O) groups is 1. The van der Waals surface area contributed by atoms with Gasteiger partial charge >= 0.3 is 0 Å². The highest BCUT2D eigenvalue weighted by molar-refractivity contribution is 6.01. The number of ether oxygens (including phenoxy) is 1. The minimum absolute atomic E-state index is 0.0749. The van der Waals surface area contributed by atoms with Crippen LogP contribution in [-0.4, -0.2) is 42.2 Å². The third kappa shape index (κ3) is 4.39. The van der Waals surface area contributed by atoms with Crippen LogP contribution in [0.2, 0.25) is 0 Å². The lowest BCUT2D eigenvalue weighted by molar-refractivity contribution is -0.117. The Kier molecular flexibility index (Phi) is 6.07. The molecule has 1 atom stereocenters. The maximum atomic E-state index is 12.4. The zero-order valence-corrected chi connectivity index (χ0v) is 15.1. The highest BCUT2D eigenvalue weighted by atomic mass is 16.5. The van der Waals surface area contributed by atoms with Gasteiger partial charge in [-0.2, -0.15) is 9.97 Å². The van der Waals surface area contributed by atoms with Gasteiger partial charge in [0.25, 0.3) is 0 Å². The molecule has 3 N–H and O–H groups in total. The van der Waals surface area contributed by atoms with Gasteiger partial charge in [-0.1, -0.05) is 19.8 Å². The second-order valence-electron chi connectivity index (χ2n) is 6.96. The molecule has 7 heteroatoms. The minimum Gasteiger partial charge on any atom is -0.383 e. The molecule has 1 amide bonds. The van der Waals surface area contributed by atoms with Gasteiger partial charge in [-0.05, 0) is 31.6 Å². The zero-order valence-electron chi connectivity index (χ0n) is 15.1. The number of amides is 1. The molecule has 0 radical (unpaired) electrons. The van der Waals surface area contributed by atoms with E-state index in [1.165, 1.54) is 12.8 Å². The molecule has 0 spiro atoms. The number of nitrogens with zero attached hydrogens (tertiary/aromatic N) is 3. The fraction of sp³-hybridized carbons (Fsp3) is 0.722. The maximum absolute atomic E-state index is 12.4. The first-order valence-corrected chi connectivity index (χ1v) is 9.47. The quantitative estimate of drug-likeness (QED) is 0.666. The number of hydrogen-bond acceptors (Lipinski definition) is 6. The van der Waals surface area contributed by atoms with E-state index in [-0.39, 0.29) is 5.91 Å². The Labute approximate surface area is 149 Å². The summed E-state index contributed by atoms with van der Waals surface area (Å²) >= 11 is 0. The molecule has 25 heavy (non-hydrogen) atoms. The lowest BCUT2D eigenvalue weighted by Gasteiger charge is -2.18. The summed E-state index contributed by atoms with van der Waals surface area (Å²) in [6.07, 6.45) is 6.89. The van der Waals surface area contributed by atoms with Crippen LogP contribution in [0.5, 0.6) is 0 Å². The van der Waals surface area contributed by atoms with Crippen LogP contribution >= 0.6 is 0 Å². The van der Waals surface area contributed by atoms with Gasteiger partial charge in [-0.25, -0.2) is 0 Å². The average Bonchev–Trinajstić information content (AvgIpc) is 3.21. The Morgan fingerprint density at radius 1 is 1.32 bits per heavy atom. The molecule has 1 fully saturated rings. The van der Waals surface area contributed by atoms with Gasteiger partial charge in [0, 0.05) is 31.9 Å². The lowest BCUT2D eigenvalue weighted by Crippen LogP contribution is -2.28. The van der Waals surface area contributed by atoms with Gasteiger partial charge in [0.2, 0.25) is 11.9 Å². The Bertz CT molecular complexity index is 601. The standard InChI is InChI=1S/C18H29N5O2/c1-2-3-8-20-18-21-16(19)14-11-15(24)23(17(14)22-18)9-5-4-6-13-7-10-25-12-13/h13H,2-12H2,1H3,(H3,19,20,21,22). The van der Waals surface area contributed by atoms with E-state index in [1.54, 1.807) is 4.90 Å². The van der Waals surface area contributed by atoms with Crippen molar-refractivity contribution in [3.8, 4) is 0 Å². The Hall–Kier alpha value is -1.89. The number of rotatable bonds is 9. The first-order chi connectivity index (χ1) is 12.2. The van der Waals surface area contributed by atoms with Crippen LogP contribution in [0.3, 0.4) is 0 Å². The van der Waals surface area contributed by atoms with E-state index < -0.39 is 0 Å². The van der Waals surface area contributed by atoms with Gasteiger partial charge in [-0.15, -0.1) is 0 Å². The van der Waals surface area contributed by atoms with Gasteiger partial charge in [0.15, 0.2) is 0 Å². The van der Waals surface area contributed by atoms with Gasteiger partial charge in [0.05, 0.1) is 6.42 Å². The highest BCUT2D eigenvalue weighted by Gasteiger charge is 2.31. The van der Waals surface area contributed by atoms with E-state index >= 15 is 0 Å². The van der Waals surface area contributed by atoms with Crippen molar-refractivity contribution >= 4 is 23.5 Å². The molecule has 0 bridgehead atoms. The minimum atomic E-state index is 0.0749. The molecule has 138 valence electrons. The predicted molar refractivity (Wildman–Crippen MR) is 98.7 cm³/mol. The molecule has 2 aliphatic heterocycles. The molecule has 0 aliphatic carbocycles. The molecule has 1 aromatic rings. The summed E-state index contributed by atoms with van der Waals surface area (Å²) in [5.74, 6) is 2.40. The number of aromatic nitrogens is 2. The summed E-state index contributed by atoms with van der Waals surface area (Å²) in [6, 6.07) is 0. The SMILES string of the molecule is CCCCNc1nc(N)c2c(n1)N(CCCCC1CCOC1)C(=O)C2. The first kappa shape index (κ1) is 17.9. The summed E-state index contributed by atoms with van der Waals surface area (Å²) in [5.41, 5.74) is 6.83. The monoisotopic (exact) mass is 347 g/mol. The number of nitrogen functional groups attached to an aromatic ring is 1. The van der Waals surface area contributed by atoms with Crippen LogP contribution in [0.15, 0.2) is 0 Å². The van der Waals surface area contributed by atoms with Crippen LogP contribution in [0, 0.1) is 5.92 Å². The van der Waals surface area contributed by atoms with Crippen LogP contribution in [0.1, 0.15) is 51.0 Å². The number of carbonyl (C=O) groups excluding carboxylic acids is 1.